The summed E-state index contributed by atoms with van der Waals surface area (Å²) in [6.07, 6.45) is 0. The zero-order valence-electron chi connectivity index (χ0n) is 24.4. The van der Waals surface area contributed by atoms with Crippen molar-refractivity contribution < 1.29 is 4.74 Å². The highest BCUT2D eigenvalue weighted by molar-refractivity contribution is 5.65. The van der Waals surface area contributed by atoms with Gasteiger partial charge in [0.05, 0.1) is 0 Å². The highest BCUT2D eigenvalue weighted by Gasteiger charge is 2.01. The first kappa shape index (κ1) is 32.7. The molecule has 0 aromatic heterocycles. The number of benzene rings is 4. The van der Waals surface area contributed by atoms with Gasteiger partial charge in [0, 0.05) is 0 Å². The molecule has 0 fully saturated rings. The van der Waals surface area contributed by atoms with Crippen LogP contribution in [0.25, 0.3) is 22.3 Å². The van der Waals surface area contributed by atoms with E-state index in [1.807, 2.05) is 67.5 Å². The Kier molecular flexibility index (Phi) is 18.1. The summed E-state index contributed by atoms with van der Waals surface area (Å²) in [5.41, 5.74) is 8.62. The summed E-state index contributed by atoms with van der Waals surface area (Å²) in [6, 6.07) is 34.1. The molecule has 0 spiro atoms. The fourth-order valence-electron chi connectivity index (χ4n) is 3.20. The monoisotopic (exact) mass is 484 g/mol. The fourth-order valence-corrected chi connectivity index (χ4v) is 3.20. The highest BCUT2D eigenvalue weighted by atomic mass is 16.5. The maximum atomic E-state index is 5.96. The average molecular weight is 485 g/mol. The first-order valence-electron chi connectivity index (χ1n) is 13.6. The zero-order chi connectivity index (χ0) is 27.3. The Labute approximate surface area is 222 Å². The van der Waals surface area contributed by atoms with Crippen LogP contribution in [0.2, 0.25) is 0 Å². The molecule has 0 aliphatic heterocycles. The van der Waals surface area contributed by atoms with Crippen LogP contribution in [0.3, 0.4) is 0 Å². The molecule has 4 aromatic rings. The summed E-state index contributed by atoms with van der Waals surface area (Å²) in [7, 11) is 0. The van der Waals surface area contributed by atoms with Crippen molar-refractivity contribution in [1.29, 1.82) is 0 Å². The zero-order valence-corrected chi connectivity index (χ0v) is 24.4. The van der Waals surface area contributed by atoms with Gasteiger partial charge in [0.15, 0.2) is 0 Å². The molecule has 36 heavy (non-hydrogen) atoms. The second kappa shape index (κ2) is 19.9. The van der Waals surface area contributed by atoms with Gasteiger partial charge in [0.1, 0.15) is 12.4 Å². The second-order valence-corrected chi connectivity index (χ2v) is 7.24. The van der Waals surface area contributed by atoms with Crippen LogP contribution in [0, 0.1) is 13.8 Å². The lowest BCUT2D eigenvalue weighted by Crippen LogP contribution is -1.95. The minimum absolute atomic E-state index is 0.568. The normalized spacial score (nSPS) is 8.94. The SMILES string of the molecule is CC.CC.CC.CC.Cc1ccc(-c2ccc(COc3ccc(-c4ccc(C)cc4)cc3)cc2)cc1. The standard InChI is InChI=1S/C27H24O.4C2H6/c1-20-3-9-23(10-4-20)25-13-7-22(8-14-25)19-28-27-17-15-26(16-18-27)24-11-5-21(2)6-12-24;4*1-2/h3-18H,19H2,1-2H3;4*1-2H3. The first-order valence-corrected chi connectivity index (χ1v) is 13.6. The van der Waals surface area contributed by atoms with Crippen molar-refractivity contribution in [1.82, 2.24) is 0 Å². The average Bonchev–Trinajstić information content (AvgIpc) is 2.98. The van der Waals surface area contributed by atoms with Crippen molar-refractivity contribution >= 4 is 0 Å². The van der Waals surface area contributed by atoms with Gasteiger partial charge in [-0.1, -0.05) is 151 Å². The van der Waals surface area contributed by atoms with Crippen LogP contribution in [0.15, 0.2) is 97.1 Å². The Bertz CT molecular complexity index is 937. The third kappa shape index (κ3) is 11.0. The molecule has 0 unspecified atom stereocenters. The van der Waals surface area contributed by atoms with Crippen LogP contribution in [0.1, 0.15) is 72.1 Å². The van der Waals surface area contributed by atoms with Crippen LogP contribution in [0.5, 0.6) is 5.75 Å². The van der Waals surface area contributed by atoms with Crippen molar-refractivity contribution in [2.75, 3.05) is 0 Å². The van der Waals surface area contributed by atoms with Gasteiger partial charge in [-0.15, -0.1) is 0 Å². The van der Waals surface area contributed by atoms with Crippen molar-refractivity contribution in [3.05, 3.63) is 114 Å². The lowest BCUT2D eigenvalue weighted by Gasteiger charge is -2.09. The molecular formula is C35H48O. The Balaban J connectivity index is 0.00000140. The van der Waals surface area contributed by atoms with Gasteiger partial charge >= 0.3 is 0 Å². The molecule has 0 atom stereocenters. The third-order valence-electron chi connectivity index (χ3n) is 4.98. The Morgan fingerprint density at radius 1 is 0.389 bits per heavy atom. The number of hydrogen-bond acceptors (Lipinski definition) is 1. The molecule has 194 valence electrons. The summed E-state index contributed by atoms with van der Waals surface area (Å²) in [5.74, 6) is 0.887. The fraction of sp³-hybridized carbons (Fsp3) is 0.314. The summed E-state index contributed by atoms with van der Waals surface area (Å²) in [4.78, 5) is 0. The number of hydrogen-bond donors (Lipinski definition) is 0. The van der Waals surface area contributed by atoms with Gasteiger partial charge in [-0.05, 0) is 53.8 Å². The number of ether oxygens (including phenoxy) is 1. The van der Waals surface area contributed by atoms with Gasteiger partial charge in [-0.2, -0.15) is 0 Å². The lowest BCUT2D eigenvalue weighted by molar-refractivity contribution is 0.306. The summed E-state index contributed by atoms with van der Waals surface area (Å²) in [6.45, 7) is 20.8. The van der Waals surface area contributed by atoms with E-state index in [4.69, 9.17) is 4.74 Å². The van der Waals surface area contributed by atoms with E-state index in [0.717, 1.165) is 5.75 Å². The predicted octanol–water partition coefficient (Wildman–Crippen LogP) is 11.3. The second-order valence-electron chi connectivity index (χ2n) is 7.24. The Morgan fingerprint density at radius 2 is 0.667 bits per heavy atom. The van der Waals surface area contributed by atoms with Crippen LogP contribution in [-0.4, -0.2) is 0 Å². The van der Waals surface area contributed by atoms with Gasteiger partial charge in [0.2, 0.25) is 0 Å². The molecular weight excluding hydrogens is 436 g/mol. The number of rotatable bonds is 5. The van der Waals surface area contributed by atoms with E-state index in [-0.39, 0.29) is 0 Å². The smallest absolute Gasteiger partial charge is 0.119 e. The summed E-state index contributed by atoms with van der Waals surface area (Å²) >= 11 is 0. The Hall–Kier alpha value is -3.32. The molecule has 0 amide bonds. The van der Waals surface area contributed by atoms with E-state index < -0.39 is 0 Å². The minimum Gasteiger partial charge on any atom is -0.489 e. The van der Waals surface area contributed by atoms with Gasteiger partial charge in [-0.3, -0.25) is 0 Å². The van der Waals surface area contributed by atoms with E-state index in [1.165, 1.54) is 38.9 Å². The maximum Gasteiger partial charge on any atom is 0.119 e. The quantitative estimate of drug-likeness (QED) is 0.274. The van der Waals surface area contributed by atoms with Crippen LogP contribution in [-0.2, 0) is 6.61 Å². The van der Waals surface area contributed by atoms with Gasteiger partial charge in [0.25, 0.3) is 0 Å². The minimum atomic E-state index is 0.568. The van der Waals surface area contributed by atoms with Crippen molar-refractivity contribution in [2.24, 2.45) is 0 Å². The van der Waals surface area contributed by atoms with Crippen molar-refractivity contribution in [3.63, 3.8) is 0 Å². The van der Waals surface area contributed by atoms with E-state index >= 15 is 0 Å². The molecule has 1 heteroatoms. The van der Waals surface area contributed by atoms with Crippen LogP contribution < -0.4 is 4.74 Å². The predicted molar refractivity (Wildman–Crippen MR) is 163 cm³/mol. The van der Waals surface area contributed by atoms with E-state index in [0.29, 0.717) is 6.61 Å². The van der Waals surface area contributed by atoms with Gasteiger partial charge < -0.3 is 4.74 Å². The molecule has 0 aliphatic rings. The molecule has 4 rings (SSSR count). The summed E-state index contributed by atoms with van der Waals surface area (Å²) in [5, 5.41) is 0. The Morgan fingerprint density at radius 3 is 1.00 bits per heavy atom. The topological polar surface area (TPSA) is 9.23 Å². The molecule has 0 saturated carbocycles. The molecule has 0 N–H and O–H groups in total. The highest BCUT2D eigenvalue weighted by Crippen LogP contribution is 2.24. The molecule has 1 nitrogen and oxygen atoms in total. The van der Waals surface area contributed by atoms with Gasteiger partial charge in [-0.25, -0.2) is 0 Å². The van der Waals surface area contributed by atoms with E-state index in [1.54, 1.807) is 0 Å². The first-order chi connectivity index (χ1) is 17.7. The van der Waals surface area contributed by atoms with Crippen LogP contribution >= 0.6 is 0 Å². The molecule has 0 aliphatic carbocycles. The van der Waals surface area contributed by atoms with Crippen molar-refractivity contribution in [3.8, 4) is 28.0 Å². The molecule has 0 bridgehead atoms. The maximum absolute atomic E-state index is 5.96. The number of aryl methyl sites for hydroxylation is 2. The molecule has 0 radical (unpaired) electrons. The van der Waals surface area contributed by atoms with Crippen LogP contribution in [0.4, 0.5) is 0 Å². The largest absolute Gasteiger partial charge is 0.489 e. The van der Waals surface area contributed by atoms with E-state index in [9.17, 15) is 0 Å². The third-order valence-corrected chi connectivity index (χ3v) is 4.98. The van der Waals surface area contributed by atoms with E-state index in [2.05, 4.69) is 98.8 Å². The summed E-state index contributed by atoms with van der Waals surface area (Å²) < 4.78 is 5.96. The van der Waals surface area contributed by atoms with Crippen molar-refractivity contribution in [2.45, 2.75) is 75.8 Å². The molecule has 0 saturated heterocycles. The molecule has 4 aromatic carbocycles. The lowest BCUT2D eigenvalue weighted by atomic mass is 10.0. The molecule has 0 heterocycles.